The molecule has 24 heavy (non-hydrogen) atoms. The second-order valence-corrected chi connectivity index (χ2v) is 50.2. The van der Waals surface area contributed by atoms with E-state index in [0.717, 1.165) is 0 Å². The first-order valence-corrected chi connectivity index (χ1v) is 35.6. The molecule has 0 spiro atoms. The molecule has 0 saturated heterocycles. The summed E-state index contributed by atoms with van der Waals surface area (Å²) >= 11 is -4.54. The summed E-state index contributed by atoms with van der Waals surface area (Å²) in [4.78, 5) is 20.4. The SMILES string of the molecule is C[Si](C)(C)[N](c1cccc([N]([Si](C)(C)C)[Sn]([CH3])([CH3])[CH3])n1)[Sn]([CH3])([CH3])[CH3]. The number of rotatable bonds is 6. The van der Waals surface area contributed by atoms with Gasteiger partial charge in [0.15, 0.2) is 0 Å². The van der Waals surface area contributed by atoms with Crippen molar-refractivity contribution < 1.29 is 0 Å². The second kappa shape index (κ2) is 7.42. The molecule has 0 aliphatic rings. The summed E-state index contributed by atoms with van der Waals surface area (Å²) in [6, 6.07) is 6.75. The van der Waals surface area contributed by atoms with E-state index >= 15 is 0 Å². The van der Waals surface area contributed by atoms with Crippen LogP contribution in [0.3, 0.4) is 0 Å². The van der Waals surface area contributed by atoms with Gasteiger partial charge in [-0.15, -0.1) is 0 Å². The molecule has 0 N–H and O–H groups in total. The van der Waals surface area contributed by atoms with E-state index in [-0.39, 0.29) is 0 Å². The van der Waals surface area contributed by atoms with Crippen LogP contribution >= 0.6 is 0 Å². The Morgan fingerprint density at radius 1 is 0.667 bits per heavy atom. The van der Waals surface area contributed by atoms with Gasteiger partial charge < -0.3 is 0 Å². The third kappa shape index (κ3) is 5.91. The summed E-state index contributed by atoms with van der Waals surface area (Å²) in [6.45, 7) is 14.8. The Kier molecular flexibility index (Phi) is 7.06. The molecule has 0 amide bonds. The number of hydrogen-bond donors (Lipinski definition) is 0. The summed E-state index contributed by atoms with van der Waals surface area (Å²) in [7, 11) is -2.88. The van der Waals surface area contributed by atoms with E-state index in [4.69, 9.17) is 4.98 Å². The van der Waals surface area contributed by atoms with E-state index in [2.05, 4.69) is 92.7 Å². The molecule has 0 radical (unpaired) electrons. The second-order valence-electron chi connectivity index (χ2n) is 10.7. The van der Waals surface area contributed by atoms with E-state index < -0.39 is 53.8 Å². The molecule has 1 rings (SSSR count). The Hall–Kier alpha value is 0.781. The number of aromatic nitrogens is 1. The zero-order valence-corrected chi connectivity index (χ0v) is 25.8. The van der Waals surface area contributed by atoms with E-state index in [0.29, 0.717) is 0 Å². The molecule has 0 aromatic carbocycles. The topological polar surface area (TPSA) is 19.4 Å². The van der Waals surface area contributed by atoms with Crippen LogP contribution in [0.2, 0.25) is 68.9 Å². The third-order valence-electron chi connectivity index (χ3n) is 3.86. The first-order valence-electron chi connectivity index (χ1n) is 9.03. The number of hydrogen-bond acceptors (Lipinski definition) is 3. The van der Waals surface area contributed by atoms with Crippen LogP contribution in [-0.4, -0.2) is 58.8 Å². The Morgan fingerprint density at radius 3 is 1.17 bits per heavy atom. The molecule has 0 unspecified atom stereocenters. The van der Waals surface area contributed by atoms with E-state index in [9.17, 15) is 0 Å². The Balaban J connectivity index is 3.51. The molecule has 1 aromatic heterocycles. The summed E-state index contributed by atoms with van der Waals surface area (Å²) in [6.07, 6.45) is 0. The first kappa shape index (κ1) is 22.8. The van der Waals surface area contributed by atoms with Crippen LogP contribution in [0.4, 0.5) is 11.6 Å². The average molecular weight is 579 g/mol. The van der Waals surface area contributed by atoms with Crippen molar-refractivity contribution in [1.29, 1.82) is 0 Å². The zero-order valence-electron chi connectivity index (χ0n) is 18.1. The van der Waals surface area contributed by atoms with Crippen molar-refractivity contribution in [1.82, 2.24) is 4.98 Å². The molecule has 1 heterocycles. The molecule has 138 valence electrons. The van der Waals surface area contributed by atoms with Crippen molar-refractivity contribution in [2.45, 2.75) is 68.9 Å². The van der Waals surface area contributed by atoms with E-state index in [1.165, 1.54) is 11.6 Å². The molecule has 1 aromatic rings. The van der Waals surface area contributed by atoms with Crippen LogP contribution in [0, 0.1) is 0 Å². The van der Waals surface area contributed by atoms with Gasteiger partial charge in [-0.2, -0.15) is 0 Å². The van der Waals surface area contributed by atoms with Gasteiger partial charge in [0.2, 0.25) is 0 Å². The standard InChI is InChI=1S/C11H21N3Si2.6CH3.2Sn/c1-15(2,3)13-10-8-7-9-11(12-10)14-16(4,5)6;;;;;;;;/h7-9H,1-6H3;6*1H3;;/q-2;;;;;;;2*+1. The average Bonchev–Trinajstić information content (AvgIpc) is 2.20. The van der Waals surface area contributed by atoms with Crippen LogP contribution in [-0.2, 0) is 0 Å². The van der Waals surface area contributed by atoms with Gasteiger partial charge in [-0.05, 0) is 0 Å². The van der Waals surface area contributed by atoms with Gasteiger partial charge in [-0.3, -0.25) is 0 Å². The summed E-state index contributed by atoms with van der Waals surface area (Å²) in [5.74, 6) is 2.49. The molecule has 0 atom stereocenters. The van der Waals surface area contributed by atoms with Crippen molar-refractivity contribution in [3.8, 4) is 0 Å². The number of anilines is 2. The predicted octanol–water partition coefficient (Wildman–Crippen LogP) is 6.03. The van der Waals surface area contributed by atoms with Gasteiger partial charge in [0.25, 0.3) is 0 Å². The first-order chi connectivity index (χ1) is 10.5. The van der Waals surface area contributed by atoms with Gasteiger partial charge in [0.1, 0.15) is 0 Å². The summed E-state index contributed by atoms with van der Waals surface area (Å²) in [5.41, 5.74) is 0. The van der Waals surface area contributed by atoms with Crippen LogP contribution in [0.25, 0.3) is 0 Å². The van der Waals surface area contributed by atoms with Gasteiger partial charge in [-0.25, -0.2) is 0 Å². The van der Waals surface area contributed by atoms with Crippen molar-refractivity contribution in [2.24, 2.45) is 0 Å². The predicted molar refractivity (Wildman–Crippen MR) is 123 cm³/mol. The monoisotopic (exact) mass is 581 g/mol. The molecule has 0 bridgehead atoms. The van der Waals surface area contributed by atoms with Gasteiger partial charge in [-0.1, -0.05) is 0 Å². The maximum absolute atomic E-state index is 5.27. The molecular weight excluding hydrogens is 540 g/mol. The van der Waals surface area contributed by atoms with Crippen molar-refractivity contribution in [2.75, 3.05) is 5.57 Å². The molecule has 0 aliphatic heterocycles. The minimum absolute atomic E-state index is 1.24. The Labute approximate surface area is 161 Å². The fraction of sp³-hybridized carbons (Fsp3) is 0.706. The fourth-order valence-electron chi connectivity index (χ4n) is 4.05. The Morgan fingerprint density at radius 2 is 0.958 bits per heavy atom. The normalized spacial score (nSPS) is 13.8. The van der Waals surface area contributed by atoms with Crippen molar-refractivity contribution >= 4 is 65.4 Å². The molecule has 0 fully saturated rings. The fourth-order valence-corrected chi connectivity index (χ4v) is 48.8. The third-order valence-corrected chi connectivity index (χ3v) is 36.5. The zero-order chi connectivity index (χ0) is 19.1. The van der Waals surface area contributed by atoms with Crippen molar-refractivity contribution in [3.63, 3.8) is 0 Å². The summed E-state index contributed by atoms with van der Waals surface area (Å²) < 4.78 is 5.59. The van der Waals surface area contributed by atoms with Crippen LogP contribution < -0.4 is 5.57 Å². The molecule has 0 aliphatic carbocycles. The van der Waals surface area contributed by atoms with Gasteiger partial charge in [0, 0.05) is 0 Å². The van der Waals surface area contributed by atoms with E-state index in [1.807, 2.05) is 0 Å². The summed E-state index contributed by atoms with van der Waals surface area (Å²) in [5, 5.41) is 0. The number of pyridine rings is 1. The quantitative estimate of drug-likeness (QED) is 0.384. The molecule has 7 heteroatoms. The molecule has 0 saturated carbocycles. The van der Waals surface area contributed by atoms with Crippen LogP contribution in [0.15, 0.2) is 18.2 Å². The van der Waals surface area contributed by atoms with E-state index in [1.54, 1.807) is 0 Å². The van der Waals surface area contributed by atoms with Crippen LogP contribution in [0.1, 0.15) is 0 Å². The van der Waals surface area contributed by atoms with Crippen LogP contribution in [0.5, 0.6) is 0 Å². The number of nitrogens with zero attached hydrogens (tertiary/aromatic N) is 3. The maximum atomic E-state index is 5.27. The van der Waals surface area contributed by atoms with Gasteiger partial charge >= 0.3 is 163 Å². The van der Waals surface area contributed by atoms with Crippen molar-refractivity contribution in [3.05, 3.63) is 18.2 Å². The molecule has 3 nitrogen and oxygen atoms in total. The molecular formula is C17H39N3Si2Sn2. The van der Waals surface area contributed by atoms with Gasteiger partial charge in [0.05, 0.1) is 0 Å². The minimum atomic E-state index is -2.27. The Bertz CT molecular complexity index is 492.